The molecule has 110 valence electrons. The largest absolute Gasteiger partial charge is 0.303 e. The Morgan fingerprint density at radius 3 is 2.14 bits per heavy atom. The molecule has 7 heteroatoms. The van der Waals surface area contributed by atoms with Crippen LogP contribution in [0.4, 0.5) is 0 Å². The molecular formula is C14H14N2O5. The molecular weight excluding hydrogens is 276 g/mol. The van der Waals surface area contributed by atoms with Gasteiger partial charge in [-0.1, -0.05) is 19.1 Å². The summed E-state index contributed by atoms with van der Waals surface area (Å²) in [6.45, 7) is 1.05. The predicted molar refractivity (Wildman–Crippen MR) is 72.4 cm³/mol. The van der Waals surface area contributed by atoms with Crippen molar-refractivity contribution in [3.8, 4) is 0 Å². The lowest BCUT2D eigenvalue weighted by Gasteiger charge is -2.26. The van der Waals surface area contributed by atoms with E-state index in [0.717, 1.165) is 4.90 Å². The van der Waals surface area contributed by atoms with Gasteiger partial charge in [-0.25, -0.2) is 0 Å². The maximum absolute atomic E-state index is 12.3. The van der Waals surface area contributed by atoms with E-state index in [0.29, 0.717) is 12.7 Å². The number of nitrogens with zero attached hydrogens (tertiary/aromatic N) is 2. The van der Waals surface area contributed by atoms with Crippen molar-refractivity contribution in [3.05, 3.63) is 45.5 Å². The van der Waals surface area contributed by atoms with Crippen molar-refractivity contribution in [3.63, 3.8) is 0 Å². The molecule has 1 aliphatic rings. The van der Waals surface area contributed by atoms with Crippen molar-refractivity contribution in [2.24, 2.45) is 5.92 Å². The molecule has 21 heavy (non-hydrogen) atoms. The first-order valence-corrected chi connectivity index (χ1v) is 6.55. The summed E-state index contributed by atoms with van der Waals surface area (Å²) in [4.78, 5) is 46.9. The monoisotopic (exact) mass is 290 g/mol. The Labute approximate surface area is 120 Å². The van der Waals surface area contributed by atoms with Crippen LogP contribution in [-0.4, -0.2) is 40.5 Å². The van der Waals surface area contributed by atoms with Gasteiger partial charge in [0.25, 0.3) is 11.8 Å². The van der Waals surface area contributed by atoms with Crippen molar-refractivity contribution in [1.29, 1.82) is 0 Å². The first-order chi connectivity index (χ1) is 10.0. The number of hydrogen-bond acceptors (Lipinski definition) is 5. The van der Waals surface area contributed by atoms with Crippen LogP contribution in [0.1, 0.15) is 34.1 Å². The maximum Gasteiger partial charge on any atom is 0.262 e. The minimum Gasteiger partial charge on any atom is -0.303 e. The predicted octanol–water partition coefficient (Wildman–Crippen LogP) is 1.15. The fourth-order valence-electron chi connectivity index (χ4n) is 2.53. The summed E-state index contributed by atoms with van der Waals surface area (Å²) in [6, 6.07) is 5.18. The van der Waals surface area contributed by atoms with Crippen molar-refractivity contribution in [2.75, 3.05) is 6.54 Å². The number of aldehydes is 1. The summed E-state index contributed by atoms with van der Waals surface area (Å²) in [5.74, 6) is -1.91. The normalized spacial score (nSPS) is 16.5. The van der Waals surface area contributed by atoms with Crippen LogP contribution in [-0.2, 0) is 4.79 Å². The smallest absolute Gasteiger partial charge is 0.262 e. The molecule has 1 heterocycles. The Hall–Kier alpha value is -2.57. The molecule has 0 unspecified atom stereocenters. The highest BCUT2D eigenvalue weighted by Gasteiger charge is 2.44. The lowest BCUT2D eigenvalue weighted by molar-refractivity contribution is -0.486. The van der Waals surface area contributed by atoms with Crippen molar-refractivity contribution >= 4 is 18.1 Å². The van der Waals surface area contributed by atoms with Crippen LogP contribution >= 0.6 is 0 Å². The Balaban J connectivity index is 2.42. The van der Waals surface area contributed by atoms with E-state index in [-0.39, 0.29) is 11.1 Å². The van der Waals surface area contributed by atoms with E-state index >= 15 is 0 Å². The first-order valence-electron chi connectivity index (χ1n) is 6.55. The van der Waals surface area contributed by atoms with Crippen LogP contribution in [0, 0.1) is 16.0 Å². The third-order valence-electron chi connectivity index (χ3n) is 3.63. The van der Waals surface area contributed by atoms with Crippen LogP contribution in [0.15, 0.2) is 24.3 Å². The molecule has 0 saturated heterocycles. The Morgan fingerprint density at radius 1 is 1.24 bits per heavy atom. The van der Waals surface area contributed by atoms with Gasteiger partial charge in [-0.2, -0.15) is 0 Å². The van der Waals surface area contributed by atoms with Crippen LogP contribution in [0.3, 0.4) is 0 Å². The van der Waals surface area contributed by atoms with Gasteiger partial charge in [0.05, 0.1) is 11.1 Å². The zero-order chi connectivity index (χ0) is 15.6. The van der Waals surface area contributed by atoms with Gasteiger partial charge in [0.1, 0.15) is 12.3 Å². The van der Waals surface area contributed by atoms with E-state index < -0.39 is 35.2 Å². The van der Waals surface area contributed by atoms with E-state index in [1.807, 2.05) is 0 Å². The third-order valence-corrected chi connectivity index (χ3v) is 3.63. The van der Waals surface area contributed by atoms with Crippen LogP contribution in [0.5, 0.6) is 0 Å². The van der Waals surface area contributed by atoms with Crippen molar-refractivity contribution in [2.45, 2.75) is 19.4 Å². The van der Waals surface area contributed by atoms with E-state index in [1.54, 1.807) is 19.1 Å². The molecule has 0 bridgehead atoms. The number of rotatable bonds is 6. The van der Waals surface area contributed by atoms with E-state index in [4.69, 9.17) is 0 Å². The molecule has 2 rings (SSSR count). The number of amides is 2. The molecule has 2 atom stereocenters. The Morgan fingerprint density at radius 2 is 1.76 bits per heavy atom. The third kappa shape index (κ3) is 2.54. The first kappa shape index (κ1) is 14.8. The van der Waals surface area contributed by atoms with Crippen LogP contribution in [0.2, 0.25) is 0 Å². The molecule has 7 nitrogen and oxygen atoms in total. The lowest BCUT2D eigenvalue weighted by atomic mass is 9.97. The summed E-state index contributed by atoms with van der Waals surface area (Å²) in [5, 5.41) is 10.8. The fraction of sp³-hybridized carbons (Fsp3) is 0.357. The zero-order valence-corrected chi connectivity index (χ0v) is 11.4. The summed E-state index contributed by atoms with van der Waals surface area (Å²) in [7, 11) is 0. The van der Waals surface area contributed by atoms with Gasteiger partial charge < -0.3 is 4.79 Å². The van der Waals surface area contributed by atoms with Gasteiger partial charge in [0.2, 0.25) is 6.54 Å². The molecule has 1 aliphatic heterocycles. The second kappa shape index (κ2) is 5.82. The van der Waals surface area contributed by atoms with Gasteiger partial charge in [-0.05, 0) is 18.6 Å². The van der Waals surface area contributed by atoms with Gasteiger partial charge in [-0.3, -0.25) is 24.6 Å². The topological polar surface area (TPSA) is 97.6 Å². The van der Waals surface area contributed by atoms with Gasteiger partial charge in [0, 0.05) is 10.8 Å². The lowest BCUT2D eigenvalue weighted by Crippen LogP contribution is -2.48. The molecule has 2 amide bonds. The number of hydrogen-bond donors (Lipinski definition) is 0. The summed E-state index contributed by atoms with van der Waals surface area (Å²) in [6.07, 6.45) is 0.882. The average Bonchev–Trinajstić information content (AvgIpc) is 2.71. The maximum atomic E-state index is 12.3. The Bertz CT molecular complexity index is 578. The molecule has 0 radical (unpaired) electrons. The molecule has 1 aromatic rings. The van der Waals surface area contributed by atoms with Crippen molar-refractivity contribution in [1.82, 2.24) is 4.90 Å². The fourth-order valence-corrected chi connectivity index (χ4v) is 2.53. The second-order valence-corrected chi connectivity index (χ2v) is 4.82. The zero-order valence-electron chi connectivity index (χ0n) is 11.4. The molecule has 0 spiro atoms. The van der Waals surface area contributed by atoms with Gasteiger partial charge >= 0.3 is 0 Å². The molecule has 0 aliphatic carbocycles. The average molecular weight is 290 g/mol. The molecule has 0 fully saturated rings. The van der Waals surface area contributed by atoms with E-state index in [2.05, 4.69) is 0 Å². The number of imide groups is 1. The van der Waals surface area contributed by atoms with Gasteiger partial charge in [0.15, 0.2) is 0 Å². The molecule has 0 N–H and O–H groups in total. The number of carbonyl (C=O) groups excluding carboxylic acids is 3. The minimum atomic E-state index is -1.06. The number of fused-ring (bicyclic) bond motifs is 1. The highest BCUT2D eigenvalue weighted by atomic mass is 16.6. The van der Waals surface area contributed by atoms with E-state index in [9.17, 15) is 24.5 Å². The Kier molecular flexibility index (Phi) is 4.11. The van der Waals surface area contributed by atoms with Crippen LogP contribution < -0.4 is 0 Å². The molecule has 1 aromatic carbocycles. The summed E-state index contributed by atoms with van der Waals surface area (Å²) < 4.78 is 0. The SMILES string of the molecule is CC[C@H](C=O)[C@@H](C[N+](=O)[O-])N1C(=O)c2ccccc2C1=O. The van der Waals surface area contributed by atoms with Gasteiger partial charge in [-0.15, -0.1) is 0 Å². The molecule has 0 saturated carbocycles. The highest BCUT2D eigenvalue weighted by molar-refractivity contribution is 6.21. The number of nitro groups is 1. The molecule has 0 aromatic heterocycles. The summed E-state index contributed by atoms with van der Waals surface area (Å²) >= 11 is 0. The van der Waals surface area contributed by atoms with E-state index in [1.165, 1.54) is 12.1 Å². The second-order valence-electron chi connectivity index (χ2n) is 4.82. The quantitative estimate of drug-likeness (QED) is 0.339. The highest BCUT2D eigenvalue weighted by Crippen LogP contribution is 2.27. The standard InChI is InChI=1S/C14H14N2O5/c1-2-9(8-17)12(7-15(20)21)16-13(18)10-5-3-4-6-11(10)14(16)19/h3-6,8-9,12H,2,7H2,1H3/t9-,12-/m1/s1. The van der Waals surface area contributed by atoms with Crippen molar-refractivity contribution < 1.29 is 19.3 Å². The number of carbonyl (C=O) groups is 3. The summed E-state index contributed by atoms with van der Waals surface area (Å²) in [5.41, 5.74) is 0.438. The minimum absolute atomic E-state index is 0.219. The number of benzene rings is 1. The van der Waals surface area contributed by atoms with Crippen LogP contribution in [0.25, 0.3) is 0 Å².